The van der Waals surface area contributed by atoms with Crippen LogP contribution >= 0.6 is 23.2 Å². The molecule has 4 aromatic rings. The summed E-state index contributed by atoms with van der Waals surface area (Å²) in [5.41, 5.74) is 1.10. The molecule has 4 rings (SSSR count). The molecule has 150 valence electrons. The monoisotopic (exact) mass is 442 g/mol. The number of hydrogen-bond donors (Lipinski definition) is 2. The Hall–Kier alpha value is -3.69. The van der Waals surface area contributed by atoms with E-state index in [-0.39, 0.29) is 17.0 Å². The SMILES string of the molecule is O=[N+]([O-])c1cc(C=Cn2ccnc2)c2nc(Nc3ccc(Cl)c(Cl)c3)nc(O)c2c1. The van der Waals surface area contributed by atoms with Gasteiger partial charge in [-0.25, -0.2) is 9.97 Å². The highest BCUT2D eigenvalue weighted by Gasteiger charge is 2.16. The van der Waals surface area contributed by atoms with Gasteiger partial charge in [0.25, 0.3) is 5.69 Å². The maximum absolute atomic E-state index is 11.3. The molecule has 2 aromatic carbocycles. The van der Waals surface area contributed by atoms with Crippen molar-refractivity contribution in [3.05, 3.63) is 74.8 Å². The molecule has 2 heterocycles. The summed E-state index contributed by atoms with van der Waals surface area (Å²) in [5, 5.41) is 25.5. The Labute approximate surface area is 179 Å². The Morgan fingerprint density at radius 3 is 2.70 bits per heavy atom. The van der Waals surface area contributed by atoms with Crippen molar-refractivity contribution in [1.29, 1.82) is 0 Å². The number of imidazole rings is 1. The molecule has 0 unspecified atom stereocenters. The molecule has 9 nitrogen and oxygen atoms in total. The lowest BCUT2D eigenvalue weighted by molar-refractivity contribution is -0.384. The van der Waals surface area contributed by atoms with Crippen LogP contribution in [0.1, 0.15) is 5.56 Å². The zero-order chi connectivity index (χ0) is 21.3. The second-order valence-corrected chi connectivity index (χ2v) is 6.95. The third-order valence-electron chi connectivity index (χ3n) is 4.13. The molecule has 0 fully saturated rings. The number of nitrogens with one attached hydrogen (secondary N) is 1. The molecular weight excluding hydrogens is 431 g/mol. The first kappa shape index (κ1) is 19.6. The van der Waals surface area contributed by atoms with Gasteiger partial charge in [-0.05, 0) is 24.3 Å². The normalized spacial score (nSPS) is 11.3. The predicted molar refractivity (Wildman–Crippen MR) is 115 cm³/mol. The van der Waals surface area contributed by atoms with Gasteiger partial charge in [0.2, 0.25) is 11.8 Å². The van der Waals surface area contributed by atoms with Crippen molar-refractivity contribution < 1.29 is 10.0 Å². The van der Waals surface area contributed by atoms with Gasteiger partial charge in [-0.15, -0.1) is 0 Å². The Bertz CT molecular complexity index is 1290. The molecule has 2 N–H and O–H groups in total. The highest BCUT2D eigenvalue weighted by Crippen LogP contribution is 2.32. The number of fused-ring (bicyclic) bond motifs is 1. The van der Waals surface area contributed by atoms with E-state index in [0.717, 1.165) is 0 Å². The van der Waals surface area contributed by atoms with Crippen LogP contribution in [0.2, 0.25) is 10.0 Å². The van der Waals surface area contributed by atoms with E-state index in [9.17, 15) is 15.2 Å². The summed E-state index contributed by atoms with van der Waals surface area (Å²) < 4.78 is 1.67. The molecule has 0 bridgehead atoms. The van der Waals surface area contributed by atoms with Crippen LogP contribution in [0, 0.1) is 10.1 Å². The Morgan fingerprint density at radius 1 is 1.17 bits per heavy atom. The van der Waals surface area contributed by atoms with Gasteiger partial charge in [0, 0.05) is 42.0 Å². The number of nitro benzene ring substituents is 1. The summed E-state index contributed by atoms with van der Waals surface area (Å²) in [6, 6.07) is 7.46. The van der Waals surface area contributed by atoms with Gasteiger partial charge in [0.05, 0.1) is 32.2 Å². The molecule has 0 aliphatic carbocycles. The Balaban J connectivity index is 1.82. The standard InChI is InChI=1S/C19H12Cl2N6O3/c20-15-2-1-12(8-16(15)21)23-19-24-17-11(3-5-26-6-4-22-10-26)7-13(27(29)30)9-14(17)18(28)25-19/h1-10H,(H2,23,24,25,28). The summed E-state index contributed by atoms with van der Waals surface area (Å²) in [4.78, 5) is 23.1. The van der Waals surface area contributed by atoms with Gasteiger partial charge in [0.15, 0.2) is 0 Å². The minimum Gasteiger partial charge on any atom is -0.493 e. The van der Waals surface area contributed by atoms with Gasteiger partial charge >= 0.3 is 0 Å². The second-order valence-electron chi connectivity index (χ2n) is 6.14. The van der Waals surface area contributed by atoms with Crippen LogP contribution in [0.15, 0.2) is 49.1 Å². The lowest BCUT2D eigenvalue weighted by Crippen LogP contribution is -2.00. The number of nitrogens with zero attached hydrogens (tertiary/aromatic N) is 5. The van der Waals surface area contributed by atoms with Crippen molar-refractivity contribution in [2.24, 2.45) is 0 Å². The fourth-order valence-corrected chi connectivity index (χ4v) is 3.04. The number of nitro groups is 1. The number of benzene rings is 2. The number of non-ortho nitro benzene ring substituents is 1. The highest BCUT2D eigenvalue weighted by molar-refractivity contribution is 6.42. The van der Waals surface area contributed by atoms with Gasteiger partial charge in [-0.3, -0.25) is 10.1 Å². The van der Waals surface area contributed by atoms with Crippen molar-refractivity contribution in [2.75, 3.05) is 5.32 Å². The lowest BCUT2D eigenvalue weighted by atomic mass is 10.1. The summed E-state index contributed by atoms with van der Waals surface area (Å²) in [5.74, 6) is -0.312. The minimum atomic E-state index is -0.546. The molecule has 30 heavy (non-hydrogen) atoms. The Morgan fingerprint density at radius 2 is 2.00 bits per heavy atom. The number of hydrogen-bond acceptors (Lipinski definition) is 7. The van der Waals surface area contributed by atoms with Crippen LogP contribution < -0.4 is 5.32 Å². The average molecular weight is 443 g/mol. The topological polar surface area (TPSA) is 119 Å². The largest absolute Gasteiger partial charge is 0.493 e. The molecule has 0 aliphatic heterocycles. The van der Waals surface area contributed by atoms with Crippen molar-refractivity contribution in [3.63, 3.8) is 0 Å². The summed E-state index contributed by atoms with van der Waals surface area (Å²) >= 11 is 12.0. The van der Waals surface area contributed by atoms with Gasteiger partial charge in [-0.2, -0.15) is 4.98 Å². The van der Waals surface area contributed by atoms with E-state index < -0.39 is 10.8 Å². The zero-order valence-electron chi connectivity index (χ0n) is 15.0. The maximum Gasteiger partial charge on any atom is 0.270 e. The third kappa shape index (κ3) is 4.02. The number of halogens is 2. The predicted octanol–water partition coefficient (Wildman–Crippen LogP) is 5.12. The van der Waals surface area contributed by atoms with E-state index in [4.69, 9.17) is 23.2 Å². The number of rotatable bonds is 5. The van der Waals surface area contributed by atoms with Gasteiger partial charge in [-0.1, -0.05) is 23.2 Å². The molecule has 0 spiro atoms. The molecular formula is C19H12Cl2N6O3. The molecule has 2 aromatic heterocycles. The number of aromatic nitrogens is 4. The molecule has 0 atom stereocenters. The first-order chi connectivity index (χ1) is 14.4. The molecule has 0 saturated carbocycles. The van der Waals surface area contributed by atoms with E-state index >= 15 is 0 Å². The van der Waals surface area contributed by atoms with Crippen LogP contribution in [0.25, 0.3) is 23.2 Å². The van der Waals surface area contributed by atoms with Crippen LogP contribution in [0.5, 0.6) is 5.88 Å². The van der Waals surface area contributed by atoms with Crippen LogP contribution in [0.4, 0.5) is 17.3 Å². The smallest absolute Gasteiger partial charge is 0.270 e. The lowest BCUT2D eigenvalue weighted by Gasteiger charge is -2.09. The molecule has 0 aliphatic rings. The first-order valence-electron chi connectivity index (χ1n) is 8.47. The molecule has 0 radical (unpaired) electrons. The van der Waals surface area contributed by atoms with Gasteiger partial charge < -0.3 is 15.0 Å². The summed E-state index contributed by atoms with van der Waals surface area (Å²) in [6.45, 7) is 0. The van der Waals surface area contributed by atoms with E-state index in [0.29, 0.717) is 26.8 Å². The Kier molecular flexibility index (Phi) is 5.21. The van der Waals surface area contributed by atoms with Gasteiger partial charge in [0.1, 0.15) is 0 Å². The van der Waals surface area contributed by atoms with E-state index in [1.807, 2.05) is 0 Å². The minimum absolute atomic E-state index is 0.0875. The van der Waals surface area contributed by atoms with Crippen molar-refractivity contribution in [2.45, 2.75) is 0 Å². The first-order valence-corrected chi connectivity index (χ1v) is 9.23. The summed E-state index contributed by atoms with van der Waals surface area (Å²) in [6.07, 6.45) is 8.17. The van der Waals surface area contributed by atoms with E-state index in [2.05, 4.69) is 20.3 Å². The molecule has 11 heteroatoms. The fraction of sp³-hybridized carbons (Fsp3) is 0. The van der Waals surface area contributed by atoms with Crippen molar-refractivity contribution in [1.82, 2.24) is 19.5 Å². The van der Waals surface area contributed by atoms with Crippen LogP contribution in [-0.4, -0.2) is 29.5 Å². The average Bonchev–Trinajstić information content (AvgIpc) is 3.23. The number of anilines is 2. The van der Waals surface area contributed by atoms with Crippen molar-refractivity contribution in [3.8, 4) is 5.88 Å². The van der Waals surface area contributed by atoms with E-state index in [1.54, 1.807) is 53.8 Å². The molecule has 0 amide bonds. The van der Waals surface area contributed by atoms with E-state index in [1.165, 1.54) is 12.1 Å². The summed E-state index contributed by atoms with van der Waals surface area (Å²) in [7, 11) is 0. The van der Waals surface area contributed by atoms with Crippen molar-refractivity contribution >= 4 is 63.7 Å². The van der Waals surface area contributed by atoms with Crippen LogP contribution in [-0.2, 0) is 0 Å². The maximum atomic E-state index is 11.3. The third-order valence-corrected chi connectivity index (χ3v) is 4.87. The second kappa shape index (κ2) is 7.97. The zero-order valence-corrected chi connectivity index (χ0v) is 16.5. The van der Waals surface area contributed by atoms with Crippen LogP contribution in [0.3, 0.4) is 0 Å². The fourth-order valence-electron chi connectivity index (χ4n) is 2.74. The highest BCUT2D eigenvalue weighted by atomic mass is 35.5. The molecule has 0 saturated heterocycles. The quantitative estimate of drug-likeness (QED) is 0.325. The number of aromatic hydroxyl groups is 1.